The fourth-order valence-corrected chi connectivity index (χ4v) is 2.87. The van der Waals surface area contributed by atoms with Gasteiger partial charge < -0.3 is 5.32 Å². The molecule has 21 heavy (non-hydrogen) atoms. The first kappa shape index (κ1) is 13.9. The number of carbonyl (C=O) groups is 1. The summed E-state index contributed by atoms with van der Waals surface area (Å²) < 4.78 is 1.89. The van der Waals surface area contributed by atoms with Crippen LogP contribution in [0.4, 0.5) is 5.69 Å². The van der Waals surface area contributed by atoms with Gasteiger partial charge in [-0.25, -0.2) is 0 Å². The Balaban J connectivity index is 1.52. The van der Waals surface area contributed by atoms with Gasteiger partial charge in [0, 0.05) is 18.7 Å². The van der Waals surface area contributed by atoms with E-state index in [9.17, 15) is 4.79 Å². The lowest BCUT2D eigenvalue weighted by molar-refractivity contribution is -0.119. The van der Waals surface area contributed by atoms with Crippen molar-refractivity contribution in [3.05, 3.63) is 48.3 Å². The molecule has 1 aliphatic rings. The zero-order valence-corrected chi connectivity index (χ0v) is 12.2. The number of hydrogen-bond donors (Lipinski definition) is 1. The van der Waals surface area contributed by atoms with Gasteiger partial charge in [0.05, 0.1) is 11.9 Å². The van der Waals surface area contributed by atoms with E-state index in [1.165, 1.54) is 18.4 Å². The molecule has 2 aromatic rings. The van der Waals surface area contributed by atoms with Crippen LogP contribution in [0.25, 0.3) is 0 Å². The van der Waals surface area contributed by atoms with E-state index >= 15 is 0 Å². The van der Waals surface area contributed by atoms with E-state index in [1.807, 2.05) is 29.1 Å². The van der Waals surface area contributed by atoms with E-state index in [4.69, 9.17) is 0 Å². The fourth-order valence-electron chi connectivity index (χ4n) is 2.87. The van der Waals surface area contributed by atoms with Gasteiger partial charge in [-0.1, -0.05) is 43.2 Å². The Morgan fingerprint density at radius 3 is 2.76 bits per heavy atom. The van der Waals surface area contributed by atoms with Gasteiger partial charge in [0.1, 0.15) is 0 Å². The summed E-state index contributed by atoms with van der Waals surface area (Å²) in [5.74, 6) is 0.341. The van der Waals surface area contributed by atoms with Gasteiger partial charge in [0.15, 0.2) is 0 Å². The predicted molar refractivity (Wildman–Crippen MR) is 83.0 cm³/mol. The number of aryl methyl sites for hydroxylation is 2. The molecule has 0 aliphatic heterocycles. The highest BCUT2D eigenvalue weighted by Crippen LogP contribution is 2.25. The summed E-state index contributed by atoms with van der Waals surface area (Å²) in [6.45, 7) is 0.823. The zero-order valence-electron chi connectivity index (χ0n) is 12.2. The normalized spacial score (nSPS) is 15.2. The monoisotopic (exact) mass is 283 g/mol. The van der Waals surface area contributed by atoms with Crippen LogP contribution in [0, 0.1) is 5.92 Å². The Hall–Kier alpha value is -2.10. The molecule has 1 heterocycles. The lowest BCUT2D eigenvalue weighted by atomic mass is 10.1. The van der Waals surface area contributed by atoms with Crippen molar-refractivity contribution in [3.8, 4) is 0 Å². The van der Waals surface area contributed by atoms with Crippen LogP contribution in [0.5, 0.6) is 0 Å². The topological polar surface area (TPSA) is 46.9 Å². The third-order valence-corrected chi connectivity index (χ3v) is 4.10. The van der Waals surface area contributed by atoms with E-state index in [1.54, 1.807) is 6.20 Å². The van der Waals surface area contributed by atoms with Gasteiger partial charge in [-0.15, -0.1) is 0 Å². The average Bonchev–Trinajstić information content (AvgIpc) is 3.18. The van der Waals surface area contributed by atoms with Crippen molar-refractivity contribution in [2.45, 2.75) is 38.6 Å². The minimum Gasteiger partial charge on any atom is -0.323 e. The summed E-state index contributed by atoms with van der Waals surface area (Å²) in [4.78, 5) is 12.1. The number of amides is 1. The first-order chi connectivity index (χ1) is 10.3. The number of carbonyl (C=O) groups excluding carboxylic acids is 1. The van der Waals surface area contributed by atoms with Gasteiger partial charge in [-0.2, -0.15) is 5.10 Å². The summed E-state index contributed by atoms with van der Waals surface area (Å²) >= 11 is 0. The SMILES string of the molecule is O=C(Nc1cnn(CCc2ccccc2)c1)C1CCCC1. The first-order valence-electron chi connectivity index (χ1n) is 7.68. The molecular formula is C17H21N3O. The molecule has 1 saturated carbocycles. The second-order valence-corrected chi connectivity index (χ2v) is 5.70. The molecule has 4 nitrogen and oxygen atoms in total. The van der Waals surface area contributed by atoms with Crippen molar-refractivity contribution >= 4 is 11.6 Å². The minimum atomic E-state index is 0.148. The summed E-state index contributed by atoms with van der Waals surface area (Å²) in [5.41, 5.74) is 2.10. The van der Waals surface area contributed by atoms with Crippen molar-refractivity contribution in [2.75, 3.05) is 5.32 Å². The Bertz CT molecular complexity index is 585. The minimum absolute atomic E-state index is 0.148. The highest BCUT2D eigenvalue weighted by atomic mass is 16.1. The van der Waals surface area contributed by atoms with E-state index in [-0.39, 0.29) is 11.8 Å². The standard InChI is InChI=1S/C17H21N3O/c21-17(15-8-4-5-9-15)19-16-12-18-20(13-16)11-10-14-6-2-1-3-7-14/h1-3,6-7,12-13,15H,4-5,8-11H2,(H,19,21). The average molecular weight is 283 g/mol. The number of anilines is 1. The van der Waals surface area contributed by atoms with Crippen LogP contribution in [0.2, 0.25) is 0 Å². The maximum absolute atomic E-state index is 12.1. The Labute approximate surface area is 125 Å². The van der Waals surface area contributed by atoms with Crippen LogP contribution >= 0.6 is 0 Å². The molecule has 1 N–H and O–H groups in total. The maximum atomic E-state index is 12.1. The number of nitrogens with zero attached hydrogens (tertiary/aromatic N) is 2. The van der Waals surface area contributed by atoms with Gasteiger partial charge >= 0.3 is 0 Å². The summed E-state index contributed by atoms with van der Waals surface area (Å²) in [5, 5.41) is 7.29. The largest absolute Gasteiger partial charge is 0.323 e. The molecule has 0 saturated heterocycles. The predicted octanol–water partition coefficient (Wildman–Crippen LogP) is 3.25. The van der Waals surface area contributed by atoms with Gasteiger partial charge in [-0.3, -0.25) is 9.48 Å². The molecule has 0 bridgehead atoms. The van der Waals surface area contributed by atoms with Crippen molar-refractivity contribution in [1.29, 1.82) is 0 Å². The first-order valence-corrected chi connectivity index (χ1v) is 7.68. The van der Waals surface area contributed by atoms with Crippen LogP contribution in [0.1, 0.15) is 31.2 Å². The number of benzene rings is 1. The van der Waals surface area contributed by atoms with Crippen LogP contribution in [-0.2, 0) is 17.8 Å². The van der Waals surface area contributed by atoms with Crippen LogP contribution in [-0.4, -0.2) is 15.7 Å². The molecular weight excluding hydrogens is 262 g/mol. The molecule has 0 radical (unpaired) electrons. The highest BCUT2D eigenvalue weighted by molar-refractivity contribution is 5.92. The Kier molecular flexibility index (Phi) is 4.34. The third-order valence-electron chi connectivity index (χ3n) is 4.10. The van der Waals surface area contributed by atoms with Crippen LogP contribution < -0.4 is 5.32 Å². The molecule has 3 rings (SSSR count). The second-order valence-electron chi connectivity index (χ2n) is 5.70. The smallest absolute Gasteiger partial charge is 0.227 e. The molecule has 1 aromatic heterocycles. The summed E-state index contributed by atoms with van der Waals surface area (Å²) in [6.07, 6.45) is 8.98. The van der Waals surface area contributed by atoms with Gasteiger partial charge in [0.2, 0.25) is 5.91 Å². The second kappa shape index (κ2) is 6.57. The fraction of sp³-hybridized carbons (Fsp3) is 0.412. The third kappa shape index (κ3) is 3.72. The summed E-state index contributed by atoms with van der Waals surface area (Å²) in [7, 11) is 0. The molecule has 4 heteroatoms. The molecule has 0 atom stereocenters. The molecule has 1 aliphatic carbocycles. The number of nitrogens with one attached hydrogen (secondary N) is 1. The highest BCUT2D eigenvalue weighted by Gasteiger charge is 2.22. The molecule has 0 unspecified atom stereocenters. The van der Waals surface area contributed by atoms with Crippen LogP contribution in [0.3, 0.4) is 0 Å². The van der Waals surface area contributed by atoms with E-state index in [0.717, 1.165) is 31.5 Å². The van der Waals surface area contributed by atoms with Crippen molar-refractivity contribution in [3.63, 3.8) is 0 Å². The lowest BCUT2D eigenvalue weighted by Gasteiger charge is -2.08. The Morgan fingerprint density at radius 2 is 2.00 bits per heavy atom. The maximum Gasteiger partial charge on any atom is 0.227 e. The van der Waals surface area contributed by atoms with Crippen molar-refractivity contribution in [1.82, 2.24) is 9.78 Å². The molecule has 110 valence electrons. The van der Waals surface area contributed by atoms with E-state index < -0.39 is 0 Å². The molecule has 1 fully saturated rings. The van der Waals surface area contributed by atoms with E-state index in [0.29, 0.717) is 0 Å². The van der Waals surface area contributed by atoms with Gasteiger partial charge in [0.25, 0.3) is 0 Å². The molecule has 1 aromatic carbocycles. The summed E-state index contributed by atoms with van der Waals surface area (Å²) in [6, 6.07) is 10.4. The lowest BCUT2D eigenvalue weighted by Crippen LogP contribution is -2.19. The Morgan fingerprint density at radius 1 is 1.24 bits per heavy atom. The number of aromatic nitrogens is 2. The van der Waals surface area contributed by atoms with Crippen molar-refractivity contribution < 1.29 is 4.79 Å². The van der Waals surface area contributed by atoms with Gasteiger partial charge in [-0.05, 0) is 24.8 Å². The molecule has 0 spiro atoms. The zero-order chi connectivity index (χ0) is 14.5. The van der Waals surface area contributed by atoms with E-state index in [2.05, 4.69) is 22.5 Å². The van der Waals surface area contributed by atoms with Crippen molar-refractivity contribution in [2.24, 2.45) is 5.92 Å². The molecule has 1 amide bonds. The quantitative estimate of drug-likeness (QED) is 0.915. The van der Waals surface area contributed by atoms with Crippen LogP contribution in [0.15, 0.2) is 42.7 Å². The number of rotatable bonds is 5. The number of hydrogen-bond acceptors (Lipinski definition) is 2.